The van der Waals surface area contributed by atoms with E-state index in [-0.39, 0.29) is 5.91 Å². The molecule has 0 spiro atoms. The zero-order chi connectivity index (χ0) is 9.97. The van der Waals surface area contributed by atoms with E-state index in [0.29, 0.717) is 23.7 Å². The molecule has 1 aromatic carbocycles. The van der Waals surface area contributed by atoms with Crippen molar-refractivity contribution in [2.45, 2.75) is 6.42 Å². The van der Waals surface area contributed by atoms with Gasteiger partial charge in [-0.2, -0.15) is 0 Å². The van der Waals surface area contributed by atoms with Crippen molar-refractivity contribution in [3.05, 3.63) is 34.9 Å². The summed E-state index contributed by atoms with van der Waals surface area (Å²) in [5.74, 6) is -0.120. The molecule has 0 unspecified atom stereocenters. The van der Waals surface area contributed by atoms with Crippen LogP contribution >= 0.6 is 11.6 Å². The first-order chi connectivity index (χ1) is 6.77. The van der Waals surface area contributed by atoms with Gasteiger partial charge in [0.15, 0.2) is 0 Å². The van der Waals surface area contributed by atoms with Crippen LogP contribution in [0.4, 0.5) is 0 Å². The number of rotatable bonds is 1. The number of amides is 1. The smallest absolute Gasteiger partial charge is 0.271 e. The van der Waals surface area contributed by atoms with Crippen LogP contribution in [0.5, 0.6) is 0 Å². The summed E-state index contributed by atoms with van der Waals surface area (Å²) in [5, 5.41) is 1.95. The first-order valence-corrected chi connectivity index (χ1v) is 4.85. The third-order valence-corrected chi connectivity index (χ3v) is 2.29. The molecule has 0 N–H and O–H groups in total. The number of nitrogens with zero attached hydrogens (tertiary/aromatic N) is 1. The zero-order valence-corrected chi connectivity index (χ0v) is 8.33. The van der Waals surface area contributed by atoms with Gasteiger partial charge in [0, 0.05) is 10.6 Å². The fourth-order valence-corrected chi connectivity index (χ4v) is 1.56. The first-order valence-electron chi connectivity index (χ1n) is 4.48. The lowest BCUT2D eigenvalue weighted by molar-refractivity contribution is -0.0768. The van der Waals surface area contributed by atoms with Gasteiger partial charge in [0.05, 0.1) is 13.2 Å². The summed E-state index contributed by atoms with van der Waals surface area (Å²) in [6, 6.07) is 6.87. The molecule has 0 aliphatic carbocycles. The Morgan fingerprint density at radius 3 is 3.00 bits per heavy atom. The molecule has 0 aromatic heterocycles. The molecule has 4 heteroatoms. The predicted octanol–water partition coefficient (Wildman–Crippen LogP) is 2.12. The van der Waals surface area contributed by atoms with Gasteiger partial charge in [0.25, 0.3) is 5.91 Å². The lowest BCUT2D eigenvalue weighted by Crippen LogP contribution is -2.26. The van der Waals surface area contributed by atoms with E-state index >= 15 is 0 Å². The van der Waals surface area contributed by atoms with Crippen molar-refractivity contribution < 1.29 is 9.63 Å². The summed E-state index contributed by atoms with van der Waals surface area (Å²) in [6.07, 6.45) is 0.895. The Balaban J connectivity index is 2.17. The summed E-state index contributed by atoms with van der Waals surface area (Å²) in [4.78, 5) is 16.9. The first kappa shape index (κ1) is 9.49. The number of halogens is 1. The fraction of sp³-hybridized carbons (Fsp3) is 0.300. The Morgan fingerprint density at radius 2 is 2.36 bits per heavy atom. The van der Waals surface area contributed by atoms with E-state index in [0.717, 1.165) is 6.42 Å². The van der Waals surface area contributed by atoms with Crippen molar-refractivity contribution in [1.29, 1.82) is 0 Å². The van der Waals surface area contributed by atoms with Gasteiger partial charge in [-0.15, -0.1) is 0 Å². The summed E-state index contributed by atoms with van der Waals surface area (Å²) < 4.78 is 0. The van der Waals surface area contributed by atoms with Crippen LogP contribution in [0, 0.1) is 0 Å². The molecule has 1 saturated heterocycles. The van der Waals surface area contributed by atoms with Crippen LogP contribution in [0.15, 0.2) is 24.3 Å². The largest absolute Gasteiger partial charge is 0.277 e. The van der Waals surface area contributed by atoms with Gasteiger partial charge in [-0.25, -0.2) is 5.06 Å². The molecule has 14 heavy (non-hydrogen) atoms. The Hall–Kier alpha value is -1.06. The molecule has 1 aliphatic rings. The van der Waals surface area contributed by atoms with Gasteiger partial charge in [0.1, 0.15) is 0 Å². The molecule has 0 bridgehead atoms. The molecule has 3 nitrogen and oxygen atoms in total. The maximum absolute atomic E-state index is 11.7. The van der Waals surface area contributed by atoms with Gasteiger partial charge in [0.2, 0.25) is 0 Å². The third kappa shape index (κ3) is 1.89. The summed E-state index contributed by atoms with van der Waals surface area (Å²) in [7, 11) is 0. The van der Waals surface area contributed by atoms with Crippen molar-refractivity contribution in [3.63, 3.8) is 0 Å². The van der Waals surface area contributed by atoms with Gasteiger partial charge in [-0.05, 0) is 24.6 Å². The highest BCUT2D eigenvalue weighted by molar-refractivity contribution is 6.30. The van der Waals surface area contributed by atoms with Gasteiger partial charge in [-0.1, -0.05) is 17.7 Å². The van der Waals surface area contributed by atoms with Crippen molar-refractivity contribution in [1.82, 2.24) is 5.06 Å². The Bertz CT molecular complexity index is 348. The highest BCUT2D eigenvalue weighted by Crippen LogP contribution is 2.15. The topological polar surface area (TPSA) is 29.5 Å². The van der Waals surface area contributed by atoms with Gasteiger partial charge in [-0.3, -0.25) is 9.63 Å². The molecule has 74 valence electrons. The van der Waals surface area contributed by atoms with Crippen LogP contribution < -0.4 is 0 Å². The van der Waals surface area contributed by atoms with Crippen LogP contribution in [0.3, 0.4) is 0 Å². The number of benzene rings is 1. The number of hydrogen-bond donors (Lipinski definition) is 0. The monoisotopic (exact) mass is 211 g/mol. The SMILES string of the molecule is O=C(c1cccc(Cl)c1)N1CCCO1. The van der Waals surface area contributed by atoms with Crippen LogP contribution in [-0.2, 0) is 4.84 Å². The number of carbonyl (C=O) groups is 1. The fourth-order valence-electron chi connectivity index (χ4n) is 1.37. The summed E-state index contributed by atoms with van der Waals surface area (Å²) >= 11 is 5.78. The van der Waals surface area contributed by atoms with Gasteiger partial charge >= 0.3 is 0 Å². The van der Waals surface area contributed by atoms with Gasteiger partial charge < -0.3 is 0 Å². The average molecular weight is 212 g/mol. The number of carbonyl (C=O) groups excluding carboxylic acids is 1. The van der Waals surface area contributed by atoms with E-state index < -0.39 is 0 Å². The Labute approximate surface area is 87.2 Å². The molecule has 0 atom stereocenters. The van der Waals surface area contributed by atoms with Crippen LogP contribution in [0.25, 0.3) is 0 Å². The number of hydrogen-bond acceptors (Lipinski definition) is 2. The quantitative estimate of drug-likeness (QED) is 0.712. The zero-order valence-electron chi connectivity index (χ0n) is 7.57. The third-order valence-electron chi connectivity index (χ3n) is 2.05. The van der Waals surface area contributed by atoms with Crippen LogP contribution in [0.2, 0.25) is 5.02 Å². The second kappa shape index (κ2) is 3.98. The normalized spacial score (nSPS) is 15.9. The molecule has 1 aromatic rings. The minimum absolute atomic E-state index is 0.120. The van der Waals surface area contributed by atoms with Crippen molar-refractivity contribution in [2.75, 3.05) is 13.2 Å². The van der Waals surface area contributed by atoms with E-state index in [1.54, 1.807) is 24.3 Å². The Kier molecular flexibility index (Phi) is 2.70. The maximum atomic E-state index is 11.7. The standard InChI is InChI=1S/C10H10ClNO2/c11-9-4-1-3-8(7-9)10(13)12-5-2-6-14-12/h1,3-4,7H,2,5-6H2. The maximum Gasteiger partial charge on any atom is 0.277 e. The minimum Gasteiger partial charge on any atom is -0.271 e. The molecule has 1 aliphatic heterocycles. The highest BCUT2D eigenvalue weighted by atomic mass is 35.5. The van der Waals surface area contributed by atoms with Crippen LogP contribution in [-0.4, -0.2) is 24.1 Å². The van der Waals surface area contributed by atoms with Crippen molar-refractivity contribution >= 4 is 17.5 Å². The van der Waals surface area contributed by atoms with E-state index in [1.807, 2.05) is 0 Å². The molecule has 0 saturated carbocycles. The molecular formula is C10H10ClNO2. The average Bonchev–Trinajstić information content (AvgIpc) is 2.69. The highest BCUT2D eigenvalue weighted by Gasteiger charge is 2.20. The minimum atomic E-state index is -0.120. The molecule has 1 fully saturated rings. The van der Waals surface area contributed by atoms with E-state index in [2.05, 4.69) is 0 Å². The Morgan fingerprint density at radius 1 is 1.50 bits per heavy atom. The summed E-state index contributed by atoms with van der Waals surface area (Å²) in [6.45, 7) is 1.28. The van der Waals surface area contributed by atoms with Crippen molar-refractivity contribution in [2.24, 2.45) is 0 Å². The van der Waals surface area contributed by atoms with E-state index in [9.17, 15) is 4.79 Å². The van der Waals surface area contributed by atoms with Crippen molar-refractivity contribution in [3.8, 4) is 0 Å². The molecule has 2 rings (SSSR count). The molecule has 1 heterocycles. The number of hydroxylamine groups is 2. The lowest BCUT2D eigenvalue weighted by atomic mass is 10.2. The van der Waals surface area contributed by atoms with E-state index in [1.165, 1.54) is 5.06 Å². The summed E-state index contributed by atoms with van der Waals surface area (Å²) in [5.41, 5.74) is 0.569. The molecular weight excluding hydrogens is 202 g/mol. The predicted molar refractivity (Wildman–Crippen MR) is 53.1 cm³/mol. The lowest BCUT2D eigenvalue weighted by Gasteiger charge is -2.13. The molecule has 1 amide bonds. The second-order valence-corrected chi connectivity index (χ2v) is 3.54. The van der Waals surface area contributed by atoms with Crippen LogP contribution in [0.1, 0.15) is 16.8 Å². The van der Waals surface area contributed by atoms with E-state index in [4.69, 9.17) is 16.4 Å². The molecule has 0 radical (unpaired) electrons. The second-order valence-electron chi connectivity index (χ2n) is 3.10.